The molecule has 128 valence electrons. The van der Waals surface area contributed by atoms with Crippen LogP contribution in [0.25, 0.3) is 10.9 Å². The van der Waals surface area contributed by atoms with Crippen molar-refractivity contribution in [1.29, 1.82) is 0 Å². The number of benzene rings is 2. The van der Waals surface area contributed by atoms with Crippen LogP contribution in [0.1, 0.15) is 11.1 Å². The molecular weight excluding hydrogens is 332 g/mol. The summed E-state index contributed by atoms with van der Waals surface area (Å²) in [5.74, 6) is 1.03. The van der Waals surface area contributed by atoms with Gasteiger partial charge in [-0.15, -0.1) is 0 Å². The number of hydrogen-bond acceptors (Lipinski definition) is 4. The Morgan fingerprint density at radius 2 is 1.88 bits per heavy atom. The van der Waals surface area contributed by atoms with Gasteiger partial charge in [0, 0.05) is 11.1 Å². The molecule has 0 atom stereocenters. The highest BCUT2D eigenvalue weighted by Crippen LogP contribution is 2.26. The van der Waals surface area contributed by atoms with Crippen LogP contribution in [0.2, 0.25) is 0 Å². The lowest BCUT2D eigenvalue weighted by Crippen LogP contribution is -2.14. The van der Waals surface area contributed by atoms with E-state index in [2.05, 4.69) is 30.4 Å². The number of carbonyl (C=O) groups excluding carboxylic acids is 1. The molecule has 4 nitrogen and oxygen atoms in total. The van der Waals surface area contributed by atoms with Gasteiger partial charge in [0.15, 0.2) is 0 Å². The standard InChI is InChI=1S/C20H20N2O2S/c1-13-5-4-6-15-11-14(2)20(22-19(13)15)25-12-18(23)21-16-7-9-17(24-3)10-8-16/h4-11H,12H2,1-3H3,(H,21,23). The highest BCUT2D eigenvalue weighted by atomic mass is 32.2. The Morgan fingerprint density at radius 1 is 1.12 bits per heavy atom. The van der Waals surface area contributed by atoms with Crippen LogP contribution in [-0.2, 0) is 4.79 Å². The van der Waals surface area contributed by atoms with Gasteiger partial charge in [0.1, 0.15) is 10.8 Å². The number of rotatable bonds is 5. The molecule has 0 aliphatic heterocycles. The van der Waals surface area contributed by atoms with E-state index in [-0.39, 0.29) is 5.91 Å². The summed E-state index contributed by atoms with van der Waals surface area (Å²) in [5.41, 5.74) is 3.97. The number of ether oxygens (including phenoxy) is 1. The van der Waals surface area contributed by atoms with Crippen molar-refractivity contribution >= 4 is 34.3 Å². The number of thioether (sulfide) groups is 1. The number of pyridine rings is 1. The van der Waals surface area contributed by atoms with Gasteiger partial charge in [0.25, 0.3) is 0 Å². The zero-order valence-corrected chi connectivity index (χ0v) is 15.3. The summed E-state index contributed by atoms with van der Waals surface area (Å²) in [7, 11) is 1.62. The van der Waals surface area contributed by atoms with Crippen molar-refractivity contribution in [2.75, 3.05) is 18.2 Å². The zero-order chi connectivity index (χ0) is 17.8. The number of methoxy groups -OCH3 is 1. The van der Waals surface area contributed by atoms with E-state index in [9.17, 15) is 4.79 Å². The van der Waals surface area contributed by atoms with Crippen LogP contribution in [0, 0.1) is 13.8 Å². The van der Waals surface area contributed by atoms with Gasteiger partial charge >= 0.3 is 0 Å². The van der Waals surface area contributed by atoms with Crippen molar-refractivity contribution in [3.8, 4) is 5.75 Å². The first-order valence-electron chi connectivity index (χ1n) is 8.00. The Bertz CT molecular complexity index is 907. The molecule has 0 bridgehead atoms. The highest BCUT2D eigenvalue weighted by Gasteiger charge is 2.09. The second kappa shape index (κ2) is 7.57. The fourth-order valence-corrected chi connectivity index (χ4v) is 3.37. The van der Waals surface area contributed by atoms with E-state index in [1.807, 2.05) is 37.3 Å². The molecule has 0 aliphatic rings. The smallest absolute Gasteiger partial charge is 0.234 e. The first-order valence-corrected chi connectivity index (χ1v) is 8.99. The largest absolute Gasteiger partial charge is 0.497 e. The van der Waals surface area contributed by atoms with Crippen LogP contribution in [-0.4, -0.2) is 23.8 Å². The van der Waals surface area contributed by atoms with E-state index in [1.165, 1.54) is 11.8 Å². The molecule has 2 aromatic carbocycles. The minimum absolute atomic E-state index is 0.0544. The average molecular weight is 352 g/mol. The Kier molecular flexibility index (Phi) is 5.24. The van der Waals surface area contributed by atoms with Gasteiger partial charge < -0.3 is 10.1 Å². The summed E-state index contributed by atoms with van der Waals surface area (Å²) < 4.78 is 5.11. The minimum atomic E-state index is -0.0544. The maximum Gasteiger partial charge on any atom is 0.234 e. The number of carbonyl (C=O) groups is 1. The lowest BCUT2D eigenvalue weighted by atomic mass is 10.1. The predicted molar refractivity (Wildman–Crippen MR) is 104 cm³/mol. The van der Waals surface area contributed by atoms with Gasteiger partial charge in [-0.2, -0.15) is 0 Å². The zero-order valence-electron chi connectivity index (χ0n) is 14.5. The molecule has 1 N–H and O–H groups in total. The van der Waals surface area contributed by atoms with Crippen molar-refractivity contribution in [1.82, 2.24) is 4.98 Å². The highest BCUT2D eigenvalue weighted by molar-refractivity contribution is 8.00. The third-order valence-corrected chi connectivity index (χ3v) is 5.00. The molecule has 0 aliphatic carbocycles. The van der Waals surface area contributed by atoms with Gasteiger partial charge in [-0.1, -0.05) is 30.0 Å². The number of hydrogen-bond donors (Lipinski definition) is 1. The summed E-state index contributed by atoms with van der Waals surface area (Å²) in [6.07, 6.45) is 0. The topological polar surface area (TPSA) is 51.2 Å². The molecular formula is C20H20N2O2S. The summed E-state index contributed by atoms with van der Waals surface area (Å²) in [6.45, 7) is 4.08. The molecule has 1 amide bonds. The summed E-state index contributed by atoms with van der Waals surface area (Å²) in [5, 5.41) is 4.91. The van der Waals surface area contributed by atoms with Crippen molar-refractivity contribution in [2.45, 2.75) is 18.9 Å². The maximum absolute atomic E-state index is 12.2. The van der Waals surface area contributed by atoms with Crippen molar-refractivity contribution in [3.63, 3.8) is 0 Å². The SMILES string of the molecule is COc1ccc(NC(=O)CSc2nc3c(C)cccc3cc2C)cc1. The Balaban J connectivity index is 1.68. The fraction of sp³-hybridized carbons (Fsp3) is 0.200. The molecule has 1 aromatic heterocycles. The number of nitrogens with one attached hydrogen (secondary N) is 1. The van der Waals surface area contributed by atoms with E-state index in [0.717, 1.165) is 38.5 Å². The number of aromatic nitrogens is 1. The van der Waals surface area contributed by atoms with Crippen LogP contribution in [0.5, 0.6) is 5.75 Å². The van der Waals surface area contributed by atoms with Crippen LogP contribution in [0.15, 0.2) is 53.6 Å². The molecule has 0 saturated carbocycles. The Labute approximate surface area is 151 Å². The maximum atomic E-state index is 12.2. The predicted octanol–water partition coefficient (Wildman–Crippen LogP) is 4.59. The number of nitrogens with zero attached hydrogens (tertiary/aromatic N) is 1. The molecule has 5 heteroatoms. The quantitative estimate of drug-likeness (QED) is 0.682. The summed E-state index contributed by atoms with van der Waals surface area (Å²) >= 11 is 1.46. The van der Waals surface area contributed by atoms with Crippen molar-refractivity contribution in [3.05, 3.63) is 59.7 Å². The molecule has 25 heavy (non-hydrogen) atoms. The van der Waals surface area contributed by atoms with Gasteiger partial charge in [0.2, 0.25) is 5.91 Å². The van der Waals surface area contributed by atoms with Crippen molar-refractivity contribution in [2.24, 2.45) is 0 Å². The number of fused-ring (bicyclic) bond motifs is 1. The van der Waals surface area contributed by atoms with Gasteiger partial charge in [-0.25, -0.2) is 4.98 Å². The molecule has 0 fully saturated rings. The van der Waals surface area contributed by atoms with E-state index in [0.29, 0.717) is 5.75 Å². The fourth-order valence-electron chi connectivity index (χ4n) is 2.59. The second-order valence-corrected chi connectivity index (χ2v) is 6.79. The van der Waals surface area contributed by atoms with E-state index in [1.54, 1.807) is 7.11 Å². The summed E-state index contributed by atoms with van der Waals surface area (Å²) in [6, 6.07) is 15.6. The van der Waals surface area contributed by atoms with Crippen molar-refractivity contribution < 1.29 is 9.53 Å². The second-order valence-electron chi connectivity index (χ2n) is 5.82. The monoisotopic (exact) mass is 352 g/mol. The first-order chi connectivity index (χ1) is 12.1. The lowest BCUT2D eigenvalue weighted by molar-refractivity contribution is -0.113. The number of para-hydroxylation sites is 1. The number of aryl methyl sites for hydroxylation is 2. The van der Waals surface area contributed by atoms with Crippen LogP contribution in [0.4, 0.5) is 5.69 Å². The lowest BCUT2D eigenvalue weighted by Gasteiger charge is -2.09. The first kappa shape index (κ1) is 17.3. The third-order valence-electron chi connectivity index (χ3n) is 3.91. The van der Waals surface area contributed by atoms with E-state index < -0.39 is 0 Å². The molecule has 0 spiro atoms. The molecule has 3 rings (SSSR count). The Morgan fingerprint density at radius 3 is 2.60 bits per heavy atom. The average Bonchev–Trinajstić information content (AvgIpc) is 2.61. The van der Waals surface area contributed by atoms with Gasteiger partial charge in [-0.3, -0.25) is 4.79 Å². The molecule has 0 unspecified atom stereocenters. The van der Waals surface area contributed by atoms with E-state index >= 15 is 0 Å². The van der Waals surface area contributed by atoms with Crippen LogP contribution < -0.4 is 10.1 Å². The molecule has 3 aromatic rings. The Hall–Kier alpha value is -2.53. The third kappa shape index (κ3) is 4.12. The van der Waals surface area contributed by atoms with Gasteiger partial charge in [0.05, 0.1) is 18.4 Å². The van der Waals surface area contributed by atoms with Crippen LogP contribution >= 0.6 is 11.8 Å². The molecule has 1 heterocycles. The van der Waals surface area contributed by atoms with Gasteiger partial charge in [-0.05, 0) is 55.3 Å². The molecule has 0 saturated heterocycles. The normalized spacial score (nSPS) is 10.7. The minimum Gasteiger partial charge on any atom is -0.497 e. The van der Waals surface area contributed by atoms with E-state index in [4.69, 9.17) is 9.72 Å². The number of amides is 1. The number of anilines is 1. The molecule has 0 radical (unpaired) electrons. The summed E-state index contributed by atoms with van der Waals surface area (Å²) in [4.78, 5) is 16.9. The van der Waals surface area contributed by atoms with Crippen LogP contribution in [0.3, 0.4) is 0 Å².